The first-order valence-electron chi connectivity index (χ1n) is 6.88. The highest BCUT2D eigenvalue weighted by atomic mass is 32.2. The van der Waals surface area contributed by atoms with Crippen molar-refractivity contribution in [2.24, 2.45) is 0 Å². The number of ether oxygens (including phenoxy) is 1. The van der Waals surface area contributed by atoms with Gasteiger partial charge in [0.15, 0.2) is 4.34 Å². The van der Waals surface area contributed by atoms with E-state index in [-0.39, 0.29) is 0 Å². The molecule has 1 N–H and O–H groups in total. The van der Waals surface area contributed by atoms with E-state index in [1.165, 1.54) is 5.56 Å². The number of fused-ring (bicyclic) bond motifs is 1. The van der Waals surface area contributed by atoms with Gasteiger partial charge in [-0.2, -0.15) is 0 Å². The summed E-state index contributed by atoms with van der Waals surface area (Å²) < 4.78 is 7.99. The third kappa shape index (κ3) is 3.57. The zero-order valence-corrected chi connectivity index (χ0v) is 14.1. The SMILES string of the molecule is COCCNc1nnc(SCc2cn3cccc(C)c3n2)s1. The number of aryl methyl sites for hydroxylation is 1. The largest absolute Gasteiger partial charge is 0.383 e. The number of methoxy groups -OCH3 is 1. The van der Waals surface area contributed by atoms with Crippen molar-refractivity contribution in [3.05, 3.63) is 35.8 Å². The molecule has 3 aromatic heterocycles. The summed E-state index contributed by atoms with van der Waals surface area (Å²) in [4.78, 5) is 4.66. The number of nitrogens with one attached hydrogen (secondary N) is 1. The fourth-order valence-electron chi connectivity index (χ4n) is 2.01. The lowest BCUT2D eigenvalue weighted by molar-refractivity contribution is 0.211. The number of rotatable bonds is 7. The monoisotopic (exact) mass is 335 g/mol. The molecule has 116 valence electrons. The normalized spacial score (nSPS) is 11.2. The quantitative estimate of drug-likeness (QED) is 0.529. The molecule has 0 fully saturated rings. The molecule has 0 radical (unpaired) electrons. The molecule has 6 nitrogen and oxygen atoms in total. The Kier molecular flexibility index (Phi) is 4.91. The first kappa shape index (κ1) is 15.3. The van der Waals surface area contributed by atoms with Crippen molar-refractivity contribution in [2.75, 3.05) is 25.6 Å². The third-order valence-corrected chi connectivity index (χ3v) is 5.11. The van der Waals surface area contributed by atoms with Crippen molar-refractivity contribution < 1.29 is 4.74 Å². The number of thioether (sulfide) groups is 1. The predicted octanol–water partition coefficient (Wildman–Crippen LogP) is 2.84. The van der Waals surface area contributed by atoms with Crippen molar-refractivity contribution in [2.45, 2.75) is 17.0 Å². The van der Waals surface area contributed by atoms with Crippen LogP contribution in [0.5, 0.6) is 0 Å². The Bertz CT molecular complexity index is 755. The van der Waals surface area contributed by atoms with Crippen molar-refractivity contribution in [1.29, 1.82) is 0 Å². The van der Waals surface area contributed by atoms with E-state index in [4.69, 9.17) is 4.74 Å². The fourth-order valence-corrected chi connectivity index (χ4v) is 3.67. The molecule has 3 rings (SSSR count). The average molecular weight is 335 g/mol. The summed E-state index contributed by atoms with van der Waals surface area (Å²) in [5.74, 6) is 0.786. The molecular weight excluding hydrogens is 318 g/mol. The zero-order valence-electron chi connectivity index (χ0n) is 12.4. The number of hydrogen-bond acceptors (Lipinski definition) is 7. The summed E-state index contributed by atoms with van der Waals surface area (Å²) in [7, 11) is 1.68. The van der Waals surface area contributed by atoms with Gasteiger partial charge in [-0.05, 0) is 18.6 Å². The lowest BCUT2D eigenvalue weighted by Crippen LogP contribution is -2.06. The Morgan fingerprint density at radius 2 is 2.32 bits per heavy atom. The van der Waals surface area contributed by atoms with Crippen LogP contribution in [0.15, 0.2) is 28.9 Å². The van der Waals surface area contributed by atoms with Gasteiger partial charge in [0.05, 0.1) is 12.3 Å². The van der Waals surface area contributed by atoms with Gasteiger partial charge in [-0.25, -0.2) is 4.98 Å². The maximum Gasteiger partial charge on any atom is 0.206 e. The molecule has 8 heteroatoms. The molecule has 0 unspecified atom stereocenters. The lowest BCUT2D eigenvalue weighted by Gasteiger charge is -1.98. The molecule has 0 aliphatic heterocycles. The van der Waals surface area contributed by atoms with Gasteiger partial charge >= 0.3 is 0 Å². The van der Waals surface area contributed by atoms with Crippen molar-refractivity contribution >= 4 is 33.9 Å². The standard InChI is InChI=1S/C14H17N5OS2/c1-10-4-3-6-19-8-11(16-12(10)19)9-21-14-18-17-13(22-14)15-5-7-20-2/h3-4,6,8H,5,7,9H2,1-2H3,(H,15,17). The lowest BCUT2D eigenvalue weighted by atomic mass is 10.3. The van der Waals surface area contributed by atoms with Gasteiger partial charge in [-0.3, -0.25) is 0 Å². The molecule has 0 aliphatic carbocycles. The summed E-state index contributed by atoms with van der Waals surface area (Å²) in [5, 5.41) is 12.3. The van der Waals surface area contributed by atoms with Crippen molar-refractivity contribution in [1.82, 2.24) is 19.6 Å². The smallest absolute Gasteiger partial charge is 0.206 e. The van der Waals surface area contributed by atoms with Crippen LogP contribution < -0.4 is 5.32 Å². The van der Waals surface area contributed by atoms with Gasteiger partial charge in [0, 0.05) is 31.8 Å². The summed E-state index contributed by atoms with van der Waals surface area (Å²) >= 11 is 3.20. The topological polar surface area (TPSA) is 64.3 Å². The summed E-state index contributed by atoms with van der Waals surface area (Å²) in [6, 6.07) is 4.10. The molecule has 22 heavy (non-hydrogen) atoms. The Balaban J connectivity index is 1.60. The average Bonchev–Trinajstić information content (AvgIpc) is 3.12. The molecular formula is C14H17N5OS2. The minimum absolute atomic E-state index is 0.655. The van der Waals surface area contributed by atoms with Crippen LogP contribution in [0.1, 0.15) is 11.3 Å². The van der Waals surface area contributed by atoms with Crippen LogP contribution in [0.25, 0.3) is 5.65 Å². The summed E-state index contributed by atoms with van der Waals surface area (Å²) in [6.45, 7) is 3.46. The van der Waals surface area contributed by atoms with Gasteiger partial charge < -0.3 is 14.5 Å². The molecule has 0 spiro atoms. The zero-order chi connectivity index (χ0) is 15.4. The molecule has 0 aromatic carbocycles. The Hall–Kier alpha value is -1.64. The molecule has 0 saturated heterocycles. The fraction of sp³-hybridized carbons (Fsp3) is 0.357. The van der Waals surface area contributed by atoms with E-state index < -0.39 is 0 Å². The van der Waals surface area contributed by atoms with E-state index >= 15 is 0 Å². The van der Waals surface area contributed by atoms with E-state index in [9.17, 15) is 0 Å². The molecule has 0 amide bonds. The van der Waals surface area contributed by atoms with Crippen LogP contribution in [0.3, 0.4) is 0 Å². The van der Waals surface area contributed by atoms with Crippen LogP contribution in [-0.2, 0) is 10.5 Å². The molecule has 0 aliphatic rings. The highest BCUT2D eigenvalue weighted by molar-refractivity contribution is 8.00. The van der Waals surface area contributed by atoms with Crippen LogP contribution in [-0.4, -0.2) is 39.8 Å². The summed E-state index contributed by atoms with van der Waals surface area (Å²) in [5.41, 5.74) is 3.24. The first-order chi connectivity index (χ1) is 10.8. The molecule has 0 saturated carbocycles. The second-order valence-corrected chi connectivity index (χ2v) is 6.94. The van der Waals surface area contributed by atoms with Crippen LogP contribution in [0.2, 0.25) is 0 Å². The van der Waals surface area contributed by atoms with Crippen molar-refractivity contribution in [3.8, 4) is 0 Å². The molecule has 3 aromatic rings. The highest BCUT2D eigenvalue weighted by Crippen LogP contribution is 2.28. The van der Waals surface area contributed by atoms with Gasteiger partial charge in [0.1, 0.15) is 5.65 Å². The third-order valence-electron chi connectivity index (χ3n) is 3.06. The number of aromatic nitrogens is 4. The number of anilines is 1. The van der Waals surface area contributed by atoms with Crippen molar-refractivity contribution in [3.63, 3.8) is 0 Å². The van der Waals surface area contributed by atoms with E-state index in [0.29, 0.717) is 6.61 Å². The van der Waals surface area contributed by atoms with Gasteiger partial charge in [0.25, 0.3) is 0 Å². The van der Waals surface area contributed by atoms with Crippen LogP contribution in [0.4, 0.5) is 5.13 Å². The maximum atomic E-state index is 4.99. The van der Waals surface area contributed by atoms with Gasteiger partial charge in [0.2, 0.25) is 5.13 Å². The van der Waals surface area contributed by atoms with Crippen LogP contribution >= 0.6 is 23.1 Å². The first-order valence-corrected chi connectivity index (χ1v) is 8.69. The van der Waals surface area contributed by atoms with Gasteiger partial charge in [-0.15, -0.1) is 10.2 Å². The number of imidazole rings is 1. The van der Waals surface area contributed by atoms with E-state index in [0.717, 1.165) is 33.1 Å². The number of hydrogen-bond donors (Lipinski definition) is 1. The van der Waals surface area contributed by atoms with Crippen LogP contribution in [0, 0.1) is 6.92 Å². The van der Waals surface area contributed by atoms with Gasteiger partial charge in [-0.1, -0.05) is 29.2 Å². The second kappa shape index (κ2) is 7.08. The van der Waals surface area contributed by atoms with E-state index in [1.54, 1.807) is 30.2 Å². The number of pyridine rings is 1. The maximum absolute atomic E-state index is 4.99. The van der Waals surface area contributed by atoms with E-state index in [2.05, 4.69) is 44.1 Å². The number of nitrogens with zero attached hydrogens (tertiary/aromatic N) is 4. The molecule has 0 atom stereocenters. The second-order valence-electron chi connectivity index (χ2n) is 4.74. The Morgan fingerprint density at radius 1 is 1.41 bits per heavy atom. The Labute approximate surface area is 136 Å². The minimum Gasteiger partial charge on any atom is -0.383 e. The Morgan fingerprint density at radius 3 is 3.14 bits per heavy atom. The molecule has 3 heterocycles. The molecule has 0 bridgehead atoms. The van der Waals surface area contributed by atoms with E-state index in [1.807, 2.05) is 12.3 Å². The predicted molar refractivity (Wildman–Crippen MR) is 89.8 cm³/mol. The highest BCUT2D eigenvalue weighted by Gasteiger charge is 2.08. The minimum atomic E-state index is 0.655. The summed E-state index contributed by atoms with van der Waals surface area (Å²) in [6.07, 6.45) is 4.08.